The predicted molar refractivity (Wildman–Crippen MR) is 100 cm³/mol. The van der Waals surface area contributed by atoms with Crippen molar-refractivity contribution in [3.63, 3.8) is 0 Å². The molecular formula is C16H27IN4. The largest absolute Gasteiger partial charge is 0.356 e. The molecule has 1 saturated carbocycles. The molecule has 0 aliphatic heterocycles. The van der Waals surface area contributed by atoms with E-state index < -0.39 is 0 Å². The molecule has 21 heavy (non-hydrogen) atoms. The monoisotopic (exact) mass is 402 g/mol. The first kappa shape index (κ1) is 18.2. The molecule has 2 rings (SSSR count). The van der Waals surface area contributed by atoms with Crippen molar-refractivity contribution in [1.29, 1.82) is 0 Å². The number of hydrogen-bond donors (Lipinski definition) is 2. The number of hydrogen-bond acceptors (Lipinski definition) is 2. The Morgan fingerprint density at radius 2 is 1.76 bits per heavy atom. The first-order valence-electron chi connectivity index (χ1n) is 7.34. The van der Waals surface area contributed by atoms with Gasteiger partial charge < -0.3 is 15.5 Å². The number of benzene rings is 1. The molecule has 1 aliphatic carbocycles. The minimum absolute atomic E-state index is 0. The summed E-state index contributed by atoms with van der Waals surface area (Å²) in [7, 11) is 6.00. The Bertz CT molecular complexity index is 438. The first-order chi connectivity index (χ1) is 9.67. The smallest absolute Gasteiger partial charge is 0.191 e. The van der Waals surface area contributed by atoms with Gasteiger partial charge in [-0.15, -0.1) is 24.0 Å². The van der Waals surface area contributed by atoms with Gasteiger partial charge in [-0.1, -0.05) is 24.3 Å². The lowest BCUT2D eigenvalue weighted by molar-refractivity contribution is 0.402. The molecule has 1 fully saturated rings. The second kappa shape index (κ2) is 9.25. The molecule has 0 atom stereocenters. The van der Waals surface area contributed by atoms with E-state index in [0.29, 0.717) is 0 Å². The molecule has 4 nitrogen and oxygen atoms in total. The van der Waals surface area contributed by atoms with Crippen LogP contribution in [-0.4, -0.2) is 38.5 Å². The van der Waals surface area contributed by atoms with Crippen molar-refractivity contribution in [3.8, 4) is 0 Å². The van der Waals surface area contributed by atoms with E-state index in [1.165, 1.54) is 24.0 Å². The van der Waals surface area contributed by atoms with Gasteiger partial charge in [-0.3, -0.25) is 4.99 Å². The molecule has 1 aromatic rings. The zero-order valence-corrected chi connectivity index (χ0v) is 15.6. The summed E-state index contributed by atoms with van der Waals surface area (Å²) in [5.41, 5.74) is 2.62. The minimum atomic E-state index is 0. The van der Waals surface area contributed by atoms with Crippen LogP contribution < -0.4 is 10.6 Å². The molecule has 5 heteroatoms. The summed E-state index contributed by atoms with van der Waals surface area (Å²) in [5, 5.41) is 6.73. The molecule has 0 saturated heterocycles. The van der Waals surface area contributed by atoms with Crippen molar-refractivity contribution in [2.75, 3.05) is 27.7 Å². The lowest BCUT2D eigenvalue weighted by Crippen LogP contribution is -2.37. The molecule has 118 valence electrons. The van der Waals surface area contributed by atoms with E-state index >= 15 is 0 Å². The fourth-order valence-electron chi connectivity index (χ4n) is 2.10. The van der Waals surface area contributed by atoms with Crippen LogP contribution in [0.5, 0.6) is 0 Å². The average Bonchev–Trinajstić information content (AvgIpc) is 3.24. The molecule has 2 N–H and O–H groups in total. The maximum Gasteiger partial charge on any atom is 0.191 e. The quantitative estimate of drug-likeness (QED) is 0.436. The molecule has 0 radical (unpaired) electrons. The normalized spacial score (nSPS) is 14.8. The van der Waals surface area contributed by atoms with Gasteiger partial charge in [-0.05, 0) is 44.0 Å². The summed E-state index contributed by atoms with van der Waals surface area (Å²) in [4.78, 5) is 6.43. The van der Waals surface area contributed by atoms with E-state index in [4.69, 9.17) is 0 Å². The highest BCUT2D eigenvalue weighted by Gasteiger charge is 2.20. The molecule has 1 aromatic carbocycles. The fraction of sp³-hybridized carbons (Fsp3) is 0.562. The lowest BCUT2D eigenvalue weighted by atomic mass is 10.1. The Balaban J connectivity index is 0.00000220. The van der Waals surface area contributed by atoms with Crippen LogP contribution in [0.2, 0.25) is 0 Å². The molecule has 0 aromatic heterocycles. The van der Waals surface area contributed by atoms with Gasteiger partial charge in [-0.25, -0.2) is 0 Å². The average molecular weight is 402 g/mol. The highest BCUT2D eigenvalue weighted by atomic mass is 127. The molecule has 0 spiro atoms. The highest BCUT2D eigenvalue weighted by molar-refractivity contribution is 14.0. The zero-order chi connectivity index (χ0) is 14.4. The van der Waals surface area contributed by atoms with Crippen LogP contribution in [0.15, 0.2) is 29.3 Å². The van der Waals surface area contributed by atoms with Crippen LogP contribution in [-0.2, 0) is 13.1 Å². The van der Waals surface area contributed by atoms with Crippen LogP contribution in [0.3, 0.4) is 0 Å². The highest BCUT2D eigenvalue weighted by Crippen LogP contribution is 2.27. The molecule has 1 aliphatic rings. The van der Waals surface area contributed by atoms with Gasteiger partial charge in [0, 0.05) is 26.7 Å². The summed E-state index contributed by atoms with van der Waals surface area (Å²) in [5.74, 6) is 1.76. The van der Waals surface area contributed by atoms with Crippen LogP contribution in [0, 0.1) is 5.92 Å². The van der Waals surface area contributed by atoms with Gasteiger partial charge in [0.25, 0.3) is 0 Å². The maximum atomic E-state index is 4.25. The number of halogens is 1. The molecular weight excluding hydrogens is 375 g/mol. The third-order valence-corrected chi connectivity index (χ3v) is 3.46. The summed E-state index contributed by atoms with van der Waals surface area (Å²) in [6, 6.07) is 8.74. The first-order valence-corrected chi connectivity index (χ1v) is 7.34. The SMILES string of the molecule is CN=C(NCc1ccc(CN(C)C)cc1)NCC1CC1.I. The topological polar surface area (TPSA) is 39.7 Å². The molecule has 0 unspecified atom stereocenters. The standard InChI is InChI=1S/C16H26N4.HI/c1-17-16(18-10-13-4-5-13)19-11-14-6-8-15(9-7-14)12-20(2)3;/h6-9,13H,4-5,10-12H2,1-3H3,(H2,17,18,19);1H. The number of guanidine groups is 1. The third kappa shape index (κ3) is 7.13. The Hall–Kier alpha value is -0.820. The van der Waals surface area contributed by atoms with Crippen LogP contribution in [0.25, 0.3) is 0 Å². The second-order valence-corrected chi connectivity index (χ2v) is 5.80. The van der Waals surface area contributed by atoms with E-state index in [1.54, 1.807) is 0 Å². The summed E-state index contributed by atoms with van der Waals surface area (Å²) < 4.78 is 0. The molecule has 0 bridgehead atoms. The number of nitrogens with one attached hydrogen (secondary N) is 2. The van der Waals surface area contributed by atoms with Gasteiger partial charge in [-0.2, -0.15) is 0 Å². The van der Waals surface area contributed by atoms with Crippen molar-refractivity contribution in [1.82, 2.24) is 15.5 Å². The number of nitrogens with zero attached hydrogens (tertiary/aromatic N) is 2. The van der Waals surface area contributed by atoms with Gasteiger partial charge in [0.05, 0.1) is 0 Å². The molecule has 0 heterocycles. The van der Waals surface area contributed by atoms with Crippen molar-refractivity contribution in [2.24, 2.45) is 10.9 Å². The second-order valence-electron chi connectivity index (χ2n) is 5.80. The Morgan fingerprint density at radius 3 is 2.29 bits per heavy atom. The zero-order valence-electron chi connectivity index (χ0n) is 13.2. The summed E-state index contributed by atoms with van der Waals surface area (Å²) >= 11 is 0. The van der Waals surface area contributed by atoms with Crippen molar-refractivity contribution < 1.29 is 0 Å². The Morgan fingerprint density at radius 1 is 1.14 bits per heavy atom. The Kier molecular flexibility index (Phi) is 8.03. The fourth-order valence-corrected chi connectivity index (χ4v) is 2.10. The van der Waals surface area contributed by atoms with E-state index in [1.807, 2.05) is 7.05 Å². The van der Waals surface area contributed by atoms with Crippen LogP contribution >= 0.6 is 24.0 Å². The number of rotatable bonds is 6. The van der Waals surface area contributed by atoms with Crippen molar-refractivity contribution >= 4 is 29.9 Å². The Labute approximate surface area is 145 Å². The molecule has 0 amide bonds. The van der Waals surface area contributed by atoms with E-state index in [-0.39, 0.29) is 24.0 Å². The number of aliphatic imine (C=N–C) groups is 1. The minimum Gasteiger partial charge on any atom is -0.356 e. The lowest BCUT2D eigenvalue weighted by Gasteiger charge is -2.13. The predicted octanol–water partition coefficient (Wildman–Crippen LogP) is 2.44. The summed E-state index contributed by atoms with van der Waals surface area (Å²) in [6.07, 6.45) is 2.72. The third-order valence-electron chi connectivity index (χ3n) is 3.46. The van der Waals surface area contributed by atoms with Crippen molar-refractivity contribution in [2.45, 2.75) is 25.9 Å². The van der Waals surface area contributed by atoms with E-state index in [2.05, 4.69) is 58.9 Å². The van der Waals surface area contributed by atoms with E-state index in [0.717, 1.165) is 31.5 Å². The van der Waals surface area contributed by atoms with Gasteiger partial charge >= 0.3 is 0 Å². The van der Waals surface area contributed by atoms with Gasteiger partial charge in [0.2, 0.25) is 0 Å². The van der Waals surface area contributed by atoms with Crippen LogP contribution in [0.4, 0.5) is 0 Å². The summed E-state index contributed by atoms with van der Waals surface area (Å²) in [6.45, 7) is 2.84. The van der Waals surface area contributed by atoms with Gasteiger partial charge in [0.1, 0.15) is 0 Å². The van der Waals surface area contributed by atoms with Gasteiger partial charge in [0.15, 0.2) is 5.96 Å². The van der Waals surface area contributed by atoms with Crippen LogP contribution in [0.1, 0.15) is 24.0 Å². The maximum absolute atomic E-state index is 4.25. The van der Waals surface area contributed by atoms with Crippen molar-refractivity contribution in [3.05, 3.63) is 35.4 Å². The van der Waals surface area contributed by atoms with E-state index in [9.17, 15) is 0 Å².